The van der Waals surface area contributed by atoms with Crippen LogP contribution in [-0.2, 0) is 16.1 Å². The van der Waals surface area contributed by atoms with E-state index in [1.165, 1.54) is 17.8 Å². The molecule has 2 heterocycles. The van der Waals surface area contributed by atoms with Crippen LogP contribution in [0.2, 0.25) is 0 Å². The van der Waals surface area contributed by atoms with Crippen molar-refractivity contribution in [2.24, 2.45) is 0 Å². The molecule has 28 heavy (non-hydrogen) atoms. The van der Waals surface area contributed by atoms with Gasteiger partial charge in [0.1, 0.15) is 13.1 Å². The van der Waals surface area contributed by atoms with E-state index in [0.717, 1.165) is 31.5 Å². The Morgan fingerprint density at radius 1 is 1.18 bits per heavy atom. The first-order valence-corrected chi connectivity index (χ1v) is 9.94. The van der Waals surface area contributed by atoms with Crippen LogP contribution >= 0.6 is 35.3 Å². The van der Waals surface area contributed by atoms with E-state index in [1.807, 2.05) is 24.3 Å². The molecule has 7 nitrogen and oxygen atoms in total. The molecule has 2 aromatic rings. The van der Waals surface area contributed by atoms with E-state index >= 15 is 0 Å². The molecule has 1 aliphatic heterocycles. The zero-order valence-electron chi connectivity index (χ0n) is 14.2. The lowest BCUT2D eigenvalue weighted by Gasteiger charge is -2.17. The predicted octanol–water partition coefficient (Wildman–Crippen LogP) is 3.78. The maximum absolute atomic E-state index is 11.2. The fourth-order valence-electron chi connectivity index (χ4n) is 2.50. The van der Waals surface area contributed by atoms with Crippen LogP contribution in [-0.4, -0.2) is 38.4 Å². The Balaban J connectivity index is 1.85. The van der Waals surface area contributed by atoms with Crippen LogP contribution in [0.5, 0.6) is 5.88 Å². The Bertz CT molecular complexity index is 1090. The first kappa shape index (κ1) is 20.0. The van der Waals surface area contributed by atoms with Crippen molar-refractivity contribution in [2.75, 3.05) is 11.4 Å². The minimum atomic E-state index is -1.10. The van der Waals surface area contributed by atoms with Gasteiger partial charge in [-0.3, -0.25) is 14.2 Å². The third kappa shape index (κ3) is 4.37. The van der Waals surface area contributed by atoms with E-state index in [9.17, 15) is 14.7 Å². The van der Waals surface area contributed by atoms with Crippen molar-refractivity contribution in [1.82, 2.24) is 4.57 Å². The van der Waals surface area contributed by atoms with Crippen molar-refractivity contribution in [1.29, 1.82) is 0 Å². The molecular weight excluding hydrogens is 420 g/mol. The van der Waals surface area contributed by atoms with Crippen molar-refractivity contribution in [2.45, 2.75) is 11.4 Å². The number of thiazole rings is 1. The van der Waals surface area contributed by atoms with Gasteiger partial charge in [0.05, 0.1) is 15.6 Å². The summed E-state index contributed by atoms with van der Waals surface area (Å²) in [4.78, 5) is 25.1. The molecule has 0 aliphatic carbocycles. The SMILES string of the molecule is O=C(O)CN1C(=CC=C=Cc2sc(=S)n(CC(=O)O)c2O)Sc2ccccc21. The quantitative estimate of drug-likeness (QED) is 0.466. The van der Waals surface area contributed by atoms with Gasteiger partial charge in [0.2, 0.25) is 5.88 Å². The van der Waals surface area contributed by atoms with Gasteiger partial charge in [-0.2, -0.15) is 0 Å². The number of thioether (sulfide) groups is 1. The average Bonchev–Trinajstić information content (AvgIpc) is 3.10. The third-order valence-corrected chi connectivity index (χ3v) is 6.17. The lowest BCUT2D eigenvalue weighted by molar-refractivity contribution is -0.138. The van der Waals surface area contributed by atoms with E-state index < -0.39 is 18.5 Å². The van der Waals surface area contributed by atoms with Gasteiger partial charge in [-0.25, -0.2) is 0 Å². The second-order valence-electron chi connectivity index (χ2n) is 5.57. The van der Waals surface area contributed by atoms with E-state index in [-0.39, 0.29) is 16.4 Å². The fraction of sp³-hybridized carbons (Fsp3) is 0.111. The van der Waals surface area contributed by atoms with Gasteiger partial charge in [0.15, 0.2) is 3.95 Å². The summed E-state index contributed by atoms with van der Waals surface area (Å²) < 4.78 is 1.38. The molecule has 0 unspecified atom stereocenters. The second kappa shape index (κ2) is 8.49. The van der Waals surface area contributed by atoms with Gasteiger partial charge >= 0.3 is 11.9 Å². The molecule has 1 aromatic heterocycles. The number of allylic oxidation sites excluding steroid dienone is 2. The molecule has 3 rings (SSSR count). The number of para-hydroxylation sites is 1. The zero-order valence-corrected chi connectivity index (χ0v) is 16.7. The molecule has 144 valence electrons. The van der Waals surface area contributed by atoms with E-state index in [1.54, 1.807) is 17.1 Å². The topological polar surface area (TPSA) is 103 Å². The van der Waals surface area contributed by atoms with Gasteiger partial charge in [-0.05, 0) is 36.5 Å². The monoisotopic (exact) mass is 434 g/mol. The molecule has 10 heteroatoms. The van der Waals surface area contributed by atoms with Gasteiger partial charge < -0.3 is 20.2 Å². The van der Waals surface area contributed by atoms with E-state index in [4.69, 9.17) is 22.4 Å². The van der Waals surface area contributed by atoms with Crippen molar-refractivity contribution < 1.29 is 24.9 Å². The molecule has 0 atom stereocenters. The lowest BCUT2D eigenvalue weighted by atomic mass is 10.3. The number of aromatic nitrogens is 1. The summed E-state index contributed by atoms with van der Waals surface area (Å²) in [6, 6.07) is 7.53. The molecule has 0 spiro atoms. The maximum atomic E-state index is 11.2. The van der Waals surface area contributed by atoms with Crippen LogP contribution in [0, 0.1) is 3.95 Å². The molecular formula is C18H14N2O5S3. The standard InChI is InChI=1S/C18H14N2O5S3/c21-15(22)9-19-11-5-1-2-6-12(11)27-14(19)8-4-3-7-13-17(25)20(10-16(23)24)18(26)28-13/h1-2,4-8,25H,9-10H2,(H,21,22)(H,23,24). The van der Waals surface area contributed by atoms with Gasteiger partial charge in [0, 0.05) is 11.0 Å². The highest BCUT2D eigenvalue weighted by Crippen LogP contribution is 2.45. The van der Waals surface area contributed by atoms with Crippen molar-refractivity contribution in [3.05, 3.63) is 56.0 Å². The number of aromatic hydroxyl groups is 1. The Kier molecular flexibility index (Phi) is 6.05. The second-order valence-corrected chi connectivity index (χ2v) is 8.31. The van der Waals surface area contributed by atoms with Gasteiger partial charge in [-0.15, -0.1) is 17.1 Å². The number of carboxylic acid groups (broad SMARTS) is 2. The molecule has 1 aromatic carbocycles. The summed E-state index contributed by atoms with van der Waals surface area (Å²) >= 11 is 7.59. The summed E-state index contributed by atoms with van der Waals surface area (Å²) in [5.74, 6) is -2.26. The number of anilines is 1. The van der Waals surface area contributed by atoms with E-state index in [2.05, 4.69) is 5.73 Å². The smallest absolute Gasteiger partial charge is 0.323 e. The summed E-state index contributed by atoms with van der Waals surface area (Å²) in [5.41, 5.74) is 3.73. The minimum Gasteiger partial charge on any atom is -0.493 e. The van der Waals surface area contributed by atoms with Crippen molar-refractivity contribution >= 4 is 59.0 Å². The third-order valence-electron chi connectivity index (χ3n) is 3.65. The number of benzene rings is 1. The molecule has 1 aliphatic rings. The van der Waals surface area contributed by atoms with Crippen LogP contribution in [0.4, 0.5) is 5.69 Å². The van der Waals surface area contributed by atoms with Crippen LogP contribution in [0.15, 0.2) is 52.1 Å². The Morgan fingerprint density at radius 3 is 2.61 bits per heavy atom. The number of carbonyl (C=O) groups is 2. The Morgan fingerprint density at radius 2 is 1.89 bits per heavy atom. The van der Waals surface area contributed by atoms with Gasteiger partial charge in [0.25, 0.3) is 0 Å². The molecule has 0 bridgehead atoms. The summed E-state index contributed by atoms with van der Waals surface area (Å²) in [7, 11) is 0. The normalized spacial score (nSPS) is 13.9. The highest BCUT2D eigenvalue weighted by Gasteiger charge is 2.25. The van der Waals surface area contributed by atoms with Crippen LogP contribution < -0.4 is 4.90 Å². The van der Waals surface area contributed by atoms with Gasteiger partial charge in [-0.1, -0.05) is 23.9 Å². The highest BCUT2D eigenvalue weighted by atomic mass is 32.2. The number of aliphatic carboxylic acids is 2. The van der Waals surface area contributed by atoms with Crippen LogP contribution in [0.1, 0.15) is 4.88 Å². The molecule has 0 fully saturated rings. The summed E-state index contributed by atoms with van der Waals surface area (Å²) in [6.07, 6.45) is 4.83. The van der Waals surface area contributed by atoms with Crippen LogP contribution in [0.25, 0.3) is 6.08 Å². The number of nitrogens with zero attached hydrogens (tertiary/aromatic N) is 2. The molecule has 3 N–H and O–H groups in total. The highest BCUT2D eigenvalue weighted by molar-refractivity contribution is 8.03. The molecule has 0 radical (unpaired) electrons. The van der Waals surface area contributed by atoms with E-state index in [0.29, 0.717) is 4.88 Å². The summed E-state index contributed by atoms with van der Waals surface area (Å²) in [6.45, 7) is -0.574. The molecule has 0 amide bonds. The number of fused-ring (bicyclic) bond motifs is 1. The number of hydrogen-bond donors (Lipinski definition) is 3. The Labute approximate surface area is 173 Å². The Hall–Kier alpha value is -2.78. The average molecular weight is 435 g/mol. The number of hydrogen-bond acceptors (Lipinski definition) is 7. The van der Waals surface area contributed by atoms with Crippen LogP contribution in [0.3, 0.4) is 0 Å². The largest absolute Gasteiger partial charge is 0.493 e. The molecule has 0 saturated carbocycles. The number of carboxylic acids is 2. The first-order chi connectivity index (χ1) is 13.4. The fourth-order valence-corrected chi connectivity index (χ4v) is 4.76. The predicted molar refractivity (Wildman–Crippen MR) is 110 cm³/mol. The number of rotatable bonds is 6. The first-order valence-electron chi connectivity index (χ1n) is 7.90. The maximum Gasteiger partial charge on any atom is 0.323 e. The summed E-state index contributed by atoms with van der Waals surface area (Å²) in [5, 5.41) is 28.9. The van der Waals surface area contributed by atoms with Crippen molar-refractivity contribution in [3.8, 4) is 5.88 Å². The zero-order chi connectivity index (χ0) is 20.3. The lowest BCUT2D eigenvalue weighted by Crippen LogP contribution is -2.25. The minimum absolute atomic E-state index is 0.159. The van der Waals surface area contributed by atoms with Crippen molar-refractivity contribution in [3.63, 3.8) is 0 Å². The molecule has 0 saturated heterocycles.